The molecule has 0 radical (unpaired) electrons. The third kappa shape index (κ3) is 7.15. The fourth-order valence-electron chi connectivity index (χ4n) is 1.27. The molecular formula is C14H16ClNO4S. The molecule has 0 aliphatic rings. The average molecular weight is 330 g/mol. The Labute approximate surface area is 132 Å². The maximum Gasteiger partial charge on any atom is 0.316 e. The molecule has 1 N–H and O–H groups in total. The molecule has 0 saturated heterocycles. The van der Waals surface area contributed by atoms with E-state index in [1.807, 2.05) is 0 Å². The minimum absolute atomic E-state index is 0.0195. The van der Waals surface area contributed by atoms with Gasteiger partial charge < -0.3 is 10.1 Å². The number of rotatable bonds is 7. The minimum Gasteiger partial charge on any atom is -0.454 e. The summed E-state index contributed by atoms with van der Waals surface area (Å²) in [5.74, 6) is -0.816. The largest absolute Gasteiger partial charge is 0.454 e. The van der Waals surface area contributed by atoms with Gasteiger partial charge in [-0.15, -0.1) is 11.8 Å². The first kappa shape index (κ1) is 17.5. The van der Waals surface area contributed by atoms with E-state index in [2.05, 4.69) is 5.32 Å². The molecule has 0 aliphatic carbocycles. The van der Waals surface area contributed by atoms with Crippen LogP contribution in [0.2, 0.25) is 5.02 Å². The lowest BCUT2D eigenvalue weighted by Crippen LogP contribution is -2.23. The van der Waals surface area contributed by atoms with E-state index in [9.17, 15) is 14.4 Å². The summed E-state index contributed by atoms with van der Waals surface area (Å²) in [7, 11) is 0. The van der Waals surface area contributed by atoms with Crippen molar-refractivity contribution in [3.05, 3.63) is 29.3 Å². The Morgan fingerprint density at radius 2 is 1.86 bits per heavy atom. The van der Waals surface area contributed by atoms with Crippen molar-refractivity contribution in [1.29, 1.82) is 0 Å². The van der Waals surface area contributed by atoms with Crippen molar-refractivity contribution in [2.75, 3.05) is 16.8 Å². The van der Waals surface area contributed by atoms with E-state index in [-0.39, 0.29) is 23.2 Å². The summed E-state index contributed by atoms with van der Waals surface area (Å²) in [5, 5.41) is 3.26. The second-order valence-corrected chi connectivity index (χ2v) is 5.71. The number of amides is 1. The Kier molecular flexibility index (Phi) is 7.25. The molecule has 1 atom stereocenters. The molecule has 21 heavy (non-hydrogen) atoms. The molecule has 114 valence electrons. The van der Waals surface area contributed by atoms with Crippen LogP contribution < -0.4 is 5.32 Å². The van der Waals surface area contributed by atoms with Gasteiger partial charge in [0.1, 0.15) is 0 Å². The number of anilines is 1. The molecule has 0 heterocycles. The molecule has 1 rings (SSSR count). The highest BCUT2D eigenvalue weighted by atomic mass is 35.5. The smallest absolute Gasteiger partial charge is 0.316 e. The normalized spacial score (nSPS) is 11.6. The zero-order valence-corrected chi connectivity index (χ0v) is 13.3. The summed E-state index contributed by atoms with van der Waals surface area (Å²) in [6.07, 6.45) is -0.749. The lowest BCUT2D eigenvalue weighted by Gasteiger charge is -2.09. The minimum atomic E-state index is -0.749. The van der Waals surface area contributed by atoms with Crippen LogP contribution in [0, 0.1) is 0 Å². The van der Waals surface area contributed by atoms with Gasteiger partial charge in [-0.05, 0) is 38.1 Å². The van der Waals surface area contributed by atoms with Crippen LogP contribution >= 0.6 is 23.4 Å². The van der Waals surface area contributed by atoms with E-state index in [0.29, 0.717) is 10.7 Å². The number of carbonyl (C=O) groups is 3. The Morgan fingerprint density at radius 3 is 2.43 bits per heavy atom. The molecule has 0 saturated carbocycles. The van der Waals surface area contributed by atoms with Crippen LogP contribution in [0.4, 0.5) is 5.69 Å². The number of nitrogens with one attached hydrogen (secondary N) is 1. The highest BCUT2D eigenvalue weighted by Crippen LogP contribution is 2.14. The van der Waals surface area contributed by atoms with Gasteiger partial charge in [-0.3, -0.25) is 14.4 Å². The van der Waals surface area contributed by atoms with Crippen LogP contribution in [-0.2, 0) is 19.1 Å². The maximum absolute atomic E-state index is 11.6. The van der Waals surface area contributed by atoms with Crippen molar-refractivity contribution in [1.82, 2.24) is 0 Å². The van der Waals surface area contributed by atoms with E-state index in [0.717, 1.165) is 11.8 Å². The number of ether oxygens (including phenoxy) is 1. The van der Waals surface area contributed by atoms with Gasteiger partial charge in [-0.1, -0.05) is 11.6 Å². The molecule has 0 spiro atoms. The van der Waals surface area contributed by atoms with Crippen molar-refractivity contribution < 1.29 is 19.1 Å². The number of halogens is 1. The second kappa shape index (κ2) is 8.69. The maximum atomic E-state index is 11.6. The summed E-state index contributed by atoms with van der Waals surface area (Å²) < 4.78 is 4.87. The lowest BCUT2D eigenvalue weighted by molar-refractivity contribution is -0.150. The van der Waals surface area contributed by atoms with Gasteiger partial charge in [0.25, 0.3) is 0 Å². The SMILES string of the molecule is CC(=O)[C@@H](C)OC(=O)CSCC(=O)Nc1ccc(Cl)cc1. The van der Waals surface area contributed by atoms with Crippen molar-refractivity contribution in [2.24, 2.45) is 0 Å². The summed E-state index contributed by atoms with van der Waals surface area (Å²) >= 11 is 6.86. The molecule has 5 nitrogen and oxygen atoms in total. The number of hydrogen-bond acceptors (Lipinski definition) is 5. The topological polar surface area (TPSA) is 72.5 Å². The van der Waals surface area contributed by atoms with Crippen LogP contribution in [-0.4, -0.2) is 35.3 Å². The van der Waals surface area contributed by atoms with Gasteiger partial charge in [0.15, 0.2) is 11.9 Å². The van der Waals surface area contributed by atoms with Crippen LogP contribution in [0.1, 0.15) is 13.8 Å². The van der Waals surface area contributed by atoms with Crippen LogP contribution in [0.3, 0.4) is 0 Å². The van der Waals surface area contributed by atoms with Gasteiger partial charge >= 0.3 is 5.97 Å². The highest BCUT2D eigenvalue weighted by Gasteiger charge is 2.14. The molecule has 0 bridgehead atoms. The summed E-state index contributed by atoms with van der Waals surface area (Å²) in [6, 6.07) is 6.72. The fourth-order valence-corrected chi connectivity index (χ4v) is 1.99. The van der Waals surface area contributed by atoms with Gasteiger partial charge in [0.05, 0.1) is 11.5 Å². The van der Waals surface area contributed by atoms with Gasteiger partial charge in [0, 0.05) is 10.7 Å². The number of benzene rings is 1. The third-order valence-electron chi connectivity index (χ3n) is 2.46. The van der Waals surface area contributed by atoms with Crippen LogP contribution in [0.15, 0.2) is 24.3 Å². The average Bonchev–Trinajstić information content (AvgIpc) is 2.41. The van der Waals surface area contributed by atoms with Crippen molar-refractivity contribution >= 4 is 46.7 Å². The Balaban J connectivity index is 2.26. The number of ketones is 1. The van der Waals surface area contributed by atoms with Gasteiger partial charge in [-0.2, -0.15) is 0 Å². The number of esters is 1. The molecular weight excluding hydrogens is 314 g/mol. The monoisotopic (exact) mass is 329 g/mol. The third-order valence-corrected chi connectivity index (χ3v) is 3.62. The first-order chi connectivity index (χ1) is 9.88. The van der Waals surface area contributed by atoms with Crippen molar-refractivity contribution in [2.45, 2.75) is 20.0 Å². The Bertz CT molecular complexity index is 518. The Morgan fingerprint density at radius 1 is 1.24 bits per heavy atom. The first-order valence-corrected chi connectivity index (χ1v) is 7.75. The van der Waals surface area contributed by atoms with Crippen LogP contribution in [0.25, 0.3) is 0 Å². The van der Waals surface area contributed by atoms with Crippen molar-refractivity contribution in [3.63, 3.8) is 0 Å². The number of carbonyl (C=O) groups excluding carboxylic acids is 3. The van der Waals surface area contributed by atoms with E-state index < -0.39 is 12.1 Å². The molecule has 1 aromatic carbocycles. The number of Topliss-reactive ketones (excluding diaryl/α,β-unsaturated/α-hetero) is 1. The standard InChI is InChI=1S/C14H16ClNO4S/c1-9(17)10(2)20-14(19)8-21-7-13(18)16-12-5-3-11(15)4-6-12/h3-6,10H,7-8H2,1-2H3,(H,16,18)/t10-/m1/s1. The molecule has 0 aliphatic heterocycles. The van der Waals surface area contributed by atoms with E-state index in [1.54, 1.807) is 24.3 Å². The summed E-state index contributed by atoms with van der Waals surface area (Å²) in [5.41, 5.74) is 0.637. The molecule has 0 fully saturated rings. The van der Waals surface area contributed by atoms with Gasteiger partial charge in [-0.25, -0.2) is 0 Å². The summed E-state index contributed by atoms with van der Waals surface area (Å²) in [6.45, 7) is 2.86. The molecule has 7 heteroatoms. The summed E-state index contributed by atoms with van der Waals surface area (Å²) in [4.78, 5) is 34.0. The second-order valence-electron chi connectivity index (χ2n) is 4.29. The molecule has 1 amide bonds. The predicted octanol–water partition coefficient (Wildman–Crippen LogP) is 2.53. The van der Waals surface area contributed by atoms with Crippen molar-refractivity contribution in [3.8, 4) is 0 Å². The molecule has 1 aromatic rings. The van der Waals surface area contributed by atoms with Crippen LogP contribution in [0.5, 0.6) is 0 Å². The van der Waals surface area contributed by atoms with Gasteiger partial charge in [0.2, 0.25) is 5.91 Å². The van der Waals surface area contributed by atoms with E-state index >= 15 is 0 Å². The highest BCUT2D eigenvalue weighted by molar-refractivity contribution is 8.00. The first-order valence-electron chi connectivity index (χ1n) is 6.21. The predicted molar refractivity (Wildman–Crippen MR) is 83.6 cm³/mol. The number of hydrogen-bond donors (Lipinski definition) is 1. The fraction of sp³-hybridized carbons (Fsp3) is 0.357. The van der Waals surface area contributed by atoms with E-state index in [4.69, 9.17) is 16.3 Å². The molecule has 0 aromatic heterocycles. The van der Waals surface area contributed by atoms with E-state index in [1.165, 1.54) is 13.8 Å². The molecule has 0 unspecified atom stereocenters. The quantitative estimate of drug-likeness (QED) is 0.778. The Hall–Kier alpha value is -1.53. The lowest BCUT2D eigenvalue weighted by atomic mass is 10.3. The zero-order chi connectivity index (χ0) is 15.8. The number of thioether (sulfide) groups is 1. The zero-order valence-electron chi connectivity index (χ0n) is 11.7.